The van der Waals surface area contributed by atoms with E-state index >= 15 is 0 Å². The second kappa shape index (κ2) is 60.3. The van der Waals surface area contributed by atoms with E-state index < -0.39 is 57.8 Å². The first-order valence-corrected chi connectivity index (χ1v) is 33.7. The van der Waals surface area contributed by atoms with Crippen molar-refractivity contribution < 1.29 is 52.2 Å². The zero-order valence-corrected chi connectivity index (χ0v) is 51.3. The topological polar surface area (TPSA) is 155 Å². The van der Waals surface area contributed by atoms with Crippen molar-refractivity contribution in [3.05, 3.63) is 60.8 Å². The lowest BCUT2D eigenvalue weighted by molar-refractivity contribution is -0.161. The lowest BCUT2D eigenvalue weighted by Crippen LogP contribution is -2.30. The van der Waals surface area contributed by atoms with Crippen molar-refractivity contribution in [1.82, 2.24) is 0 Å². The molecule has 0 rings (SSSR count). The van der Waals surface area contributed by atoms with Crippen molar-refractivity contribution in [2.24, 2.45) is 0 Å². The number of hydrogen-bond donors (Lipinski definition) is 2. The summed E-state index contributed by atoms with van der Waals surface area (Å²) in [4.78, 5) is 48.7. The smallest absolute Gasteiger partial charge is 0.462 e. The van der Waals surface area contributed by atoms with Crippen LogP contribution < -0.4 is 0 Å². The van der Waals surface area contributed by atoms with Crippen LogP contribution in [-0.2, 0) is 42.2 Å². The number of phosphoric ester groups is 1. The van der Waals surface area contributed by atoms with Crippen LogP contribution in [0.1, 0.15) is 303 Å². The highest BCUT2D eigenvalue weighted by molar-refractivity contribution is 7.47. The van der Waals surface area contributed by atoms with Gasteiger partial charge in [0.1, 0.15) is 12.7 Å². The lowest BCUT2D eigenvalue weighted by Gasteiger charge is -2.21. The average Bonchev–Trinajstić information content (AvgIpc) is 3.43. The van der Waals surface area contributed by atoms with Gasteiger partial charge in [-0.2, -0.15) is 0 Å². The monoisotopic (exact) mass is 1120 g/mol. The van der Waals surface area contributed by atoms with Crippen molar-refractivity contribution in [2.45, 2.75) is 315 Å². The first-order chi connectivity index (χ1) is 38.2. The third kappa shape index (κ3) is 57.9. The summed E-state index contributed by atoms with van der Waals surface area (Å²) in [5, 5.41) is 9.85. The summed E-state index contributed by atoms with van der Waals surface area (Å²) >= 11 is 0. The second-order valence-corrected chi connectivity index (χ2v) is 23.0. The molecule has 0 aliphatic heterocycles. The summed E-state index contributed by atoms with van der Waals surface area (Å²) in [6, 6.07) is 0. The van der Waals surface area contributed by atoms with Gasteiger partial charge in [-0.05, 0) is 89.9 Å². The Morgan fingerprint density at radius 1 is 0.359 bits per heavy atom. The summed E-state index contributed by atoms with van der Waals surface area (Å²) in [5.74, 6) is -1.48. The van der Waals surface area contributed by atoms with Crippen LogP contribution in [0.2, 0.25) is 0 Å². The number of unbranched alkanes of at least 4 members (excludes halogenated alkanes) is 33. The zero-order valence-electron chi connectivity index (χ0n) is 50.4. The third-order valence-electron chi connectivity index (χ3n) is 13.9. The van der Waals surface area contributed by atoms with E-state index in [-0.39, 0.29) is 25.9 Å². The van der Waals surface area contributed by atoms with Gasteiger partial charge >= 0.3 is 25.7 Å². The normalized spacial score (nSPS) is 13.7. The number of ether oxygens (including phenoxy) is 3. The molecular formula is C66H119O11P. The Morgan fingerprint density at radius 2 is 0.628 bits per heavy atom. The maximum absolute atomic E-state index is 12.9. The van der Waals surface area contributed by atoms with E-state index in [1.807, 2.05) is 0 Å². The summed E-state index contributed by atoms with van der Waals surface area (Å²) in [7, 11) is -4.76. The van der Waals surface area contributed by atoms with Crippen LogP contribution in [0, 0.1) is 0 Å². The van der Waals surface area contributed by atoms with Gasteiger partial charge in [-0.25, -0.2) is 4.57 Å². The number of esters is 3. The van der Waals surface area contributed by atoms with E-state index in [2.05, 4.69) is 81.5 Å². The van der Waals surface area contributed by atoms with Gasteiger partial charge in [0.2, 0.25) is 0 Å². The molecule has 0 radical (unpaired) electrons. The number of rotatable bonds is 60. The molecule has 3 atom stereocenters. The SMILES string of the molecule is CCCCC/C=C\C/C=C\C/C=C\CCCCCCCCC(=O)OC(COC(=O)CCCCCCC/C=C\C/C=C\CCCCC)COP(=O)(O)OCC(CO)OC(=O)CCCCCCCCCCCCCCCCCCC. The maximum Gasteiger partial charge on any atom is 0.472 e. The summed E-state index contributed by atoms with van der Waals surface area (Å²) < 4.78 is 39.7. The van der Waals surface area contributed by atoms with Crippen molar-refractivity contribution >= 4 is 25.7 Å². The lowest BCUT2D eigenvalue weighted by atomic mass is 10.0. The predicted octanol–water partition coefficient (Wildman–Crippen LogP) is 19.5. The van der Waals surface area contributed by atoms with Crippen LogP contribution in [0.4, 0.5) is 0 Å². The van der Waals surface area contributed by atoms with E-state index in [1.54, 1.807) is 0 Å². The van der Waals surface area contributed by atoms with Crippen molar-refractivity contribution in [2.75, 3.05) is 26.4 Å². The minimum absolute atomic E-state index is 0.150. The second-order valence-electron chi connectivity index (χ2n) is 21.6. The highest BCUT2D eigenvalue weighted by Gasteiger charge is 2.28. The molecular weight excluding hydrogens is 1000 g/mol. The number of carbonyl (C=O) groups is 3. The molecule has 0 saturated heterocycles. The standard InChI is InChI=1S/C66H119O11P/c1-4-7-10-13-16-19-22-25-28-30-31-33-36-39-42-45-48-51-54-57-66(70)77-63(59-73-64(68)55-52-49-46-43-40-37-34-27-24-21-18-15-12-9-6-3)61-75-78(71,72)74-60-62(58-67)76-65(69)56-53-50-47-44-41-38-35-32-29-26-23-20-17-14-11-8-5-2/h16,18-19,21,25,27-28,31,33-34,62-63,67H,4-15,17,20,22-24,26,29-30,32,35-61H2,1-3H3,(H,71,72)/b19-16-,21-18-,28-25-,33-31-,34-27-. The fourth-order valence-electron chi connectivity index (χ4n) is 8.98. The molecule has 0 amide bonds. The first kappa shape index (κ1) is 75.2. The van der Waals surface area contributed by atoms with Crippen LogP contribution >= 0.6 is 7.82 Å². The molecule has 0 aromatic heterocycles. The van der Waals surface area contributed by atoms with Crippen molar-refractivity contribution in [1.29, 1.82) is 0 Å². The van der Waals surface area contributed by atoms with Gasteiger partial charge in [0.15, 0.2) is 6.10 Å². The van der Waals surface area contributed by atoms with Gasteiger partial charge in [-0.3, -0.25) is 23.4 Å². The Balaban J connectivity index is 4.71. The molecule has 3 unspecified atom stereocenters. The maximum atomic E-state index is 12.9. The Kier molecular flexibility index (Phi) is 58.1. The molecule has 12 heteroatoms. The van der Waals surface area contributed by atoms with Crippen molar-refractivity contribution in [3.8, 4) is 0 Å². The van der Waals surface area contributed by atoms with Crippen LogP contribution in [0.25, 0.3) is 0 Å². The molecule has 0 aliphatic carbocycles. The Labute approximate surface area is 478 Å². The molecule has 0 fully saturated rings. The molecule has 78 heavy (non-hydrogen) atoms. The van der Waals surface area contributed by atoms with Gasteiger partial charge in [-0.15, -0.1) is 0 Å². The molecule has 0 spiro atoms. The van der Waals surface area contributed by atoms with Gasteiger partial charge in [0, 0.05) is 19.3 Å². The predicted molar refractivity (Wildman–Crippen MR) is 325 cm³/mol. The minimum atomic E-state index is -4.76. The number of aliphatic hydroxyl groups is 1. The third-order valence-corrected chi connectivity index (χ3v) is 14.9. The van der Waals surface area contributed by atoms with E-state index in [9.17, 15) is 28.9 Å². The van der Waals surface area contributed by atoms with E-state index in [1.165, 1.54) is 128 Å². The molecule has 0 saturated carbocycles. The summed E-state index contributed by atoms with van der Waals surface area (Å²) in [6.45, 7) is 4.61. The molecule has 0 aromatic carbocycles. The molecule has 0 heterocycles. The van der Waals surface area contributed by atoms with Crippen LogP contribution in [0.3, 0.4) is 0 Å². The minimum Gasteiger partial charge on any atom is -0.462 e. The number of hydrogen-bond acceptors (Lipinski definition) is 10. The molecule has 0 aromatic rings. The van der Waals surface area contributed by atoms with Gasteiger partial charge in [0.05, 0.1) is 19.8 Å². The average molecular weight is 1120 g/mol. The van der Waals surface area contributed by atoms with Crippen LogP contribution in [0.15, 0.2) is 60.8 Å². The highest BCUT2D eigenvalue weighted by Crippen LogP contribution is 2.43. The molecule has 2 N–H and O–H groups in total. The Hall–Kier alpha value is -2.82. The first-order valence-electron chi connectivity index (χ1n) is 32.2. The van der Waals surface area contributed by atoms with E-state index in [4.69, 9.17) is 23.3 Å². The number of phosphoric acid groups is 1. The Morgan fingerprint density at radius 3 is 0.987 bits per heavy atom. The fraction of sp³-hybridized carbons (Fsp3) is 0.803. The van der Waals surface area contributed by atoms with Crippen molar-refractivity contribution in [3.63, 3.8) is 0 Å². The summed E-state index contributed by atoms with van der Waals surface area (Å²) in [6.07, 6.45) is 67.3. The molecule has 454 valence electrons. The zero-order chi connectivity index (χ0) is 56.9. The molecule has 11 nitrogen and oxygen atoms in total. The largest absolute Gasteiger partial charge is 0.472 e. The molecule has 0 aliphatic rings. The van der Waals surface area contributed by atoms with Gasteiger partial charge < -0.3 is 24.2 Å². The Bertz CT molecular complexity index is 1540. The molecule has 0 bridgehead atoms. The number of allylic oxidation sites excluding steroid dienone is 10. The van der Waals surface area contributed by atoms with E-state index in [0.717, 1.165) is 116 Å². The van der Waals surface area contributed by atoms with E-state index in [0.29, 0.717) is 19.3 Å². The number of aliphatic hydroxyl groups excluding tert-OH is 1. The number of carbonyl (C=O) groups excluding carboxylic acids is 3. The fourth-order valence-corrected chi connectivity index (χ4v) is 9.77. The summed E-state index contributed by atoms with van der Waals surface area (Å²) in [5.41, 5.74) is 0. The van der Waals surface area contributed by atoms with Gasteiger partial charge in [0.25, 0.3) is 0 Å². The van der Waals surface area contributed by atoms with Crippen LogP contribution in [-0.4, -0.2) is 66.5 Å². The van der Waals surface area contributed by atoms with Gasteiger partial charge in [-0.1, -0.05) is 255 Å². The highest BCUT2D eigenvalue weighted by atomic mass is 31.2. The quantitative estimate of drug-likeness (QED) is 0.0197. The van der Waals surface area contributed by atoms with Crippen LogP contribution in [0.5, 0.6) is 0 Å².